The second-order valence-electron chi connectivity index (χ2n) is 3.95. The molecule has 0 spiro atoms. The highest BCUT2D eigenvalue weighted by atomic mass is 16.3. The van der Waals surface area contributed by atoms with E-state index in [1.54, 1.807) is 6.92 Å². The van der Waals surface area contributed by atoms with E-state index in [0.717, 1.165) is 11.0 Å². The molecule has 0 saturated carbocycles. The van der Waals surface area contributed by atoms with E-state index < -0.39 is 12.0 Å². The Morgan fingerprint density at radius 2 is 2.00 bits per heavy atom. The maximum absolute atomic E-state index is 10.7. The zero-order valence-corrected chi connectivity index (χ0v) is 9.92. The summed E-state index contributed by atoms with van der Waals surface area (Å²) >= 11 is 0. The van der Waals surface area contributed by atoms with Crippen LogP contribution < -0.4 is 11.1 Å². The Morgan fingerprint density at radius 3 is 2.61 bits per heavy atom. The minimum Gasteiger partial charge on any atom is -0.381 e. The molecule has 0 fully saturated rings. The van der Waals surface area contributed by atoms with Gasteiger partial charge in [-0.3, -0.25) is 4.79 Å². The van der Waals surface area contributed by atoms with E-state index in [1.165, 1.54) is 0 Å². The molecule has 1 atom stereocenters. The van der Waals surface area contributed by atoms with Crippen LogP contribution in [0, 0.1) is 6.92 Å². The highest BCUT2D eigenvalue weighted by Gasteiger charge is 2.12. The van der Waals surface area contributed by atoms with E-state index in [-0.39, 0.29) is 6.54 Å². The highest BCUT2D eigenvalue weighted by Crippen LogP contribution is 2.15. The zero-order chi connectivity index (χ0) is 13.1. The number of carbonyl (C=O) groups excluding carboxylic acids is 1. The summed E-state index contributed by atoms with van der Waals surface area (Å²) < 4.78 is 0. The summed E-state index contributed by atoms with van der Waals surface area (Å²) in [5.74, 6) is -0.233. The van der Waals surface area contributed by atoms with E-state index in [2.05, 4.69) is 15.3 Å². The number of nitrogens with two attached hydrogens (primary N) is 1. The average molecular weight is 246 g/mol. The highest BCUT2D eigenvalue weighted by molar-refractivity contribution is 5.79. The van der Waals surface area contributed by atoms with Crippen molar-refractivity contribution < 1.29 is 9.90 Å². The van der Waals surface area contributed by atoms with Crippen molar-refractivity contribution in [3.8, 4) is 0 Å². The normalized spacial score (nSPS) is 12.3. The molecule has 0 aliphatic heterocycles. The molecule has 1 heterocycles. The first-order valence-corrected chi connectivity index (χ1v) is 5.52. The van der Waals surface area contributed by atoms with Crippen molar-refractivity contribution in [3.05, 3.63) is 30.0 Å². The van der Waals surface area contributed by atoms with Gasteiger partial charge in [0.1, 0.15) is 11.9 Å². The molecule has 2 rings (SSSR count). The predicted octanol–water partition coefficient (Wildman–Crippen LogP) is 0.196. The first kappa shape index (κ1) is 12.3. The number of aromatic nitrogens is 2. The maximum atomic E-state index is 10.7. The van der Waals surface area contributed by atoms with E-state index in [9.17, 15) is 9.90 Å². The summed E-state index contributed by atoms with van der Waals surface area (Å²) in [6.07, 6.45) is -1.24. The molecule has 6 nitrogen and oxygen atoms in total. The molecule has 94 valence electrons. The first-order valence-electron chi connectivity index (χ1n) is 5.52. The van der Waals surface area contributed by atoms with Gasteiger partial charge in [-0.2, -0.15) is 0 Å². The smallest absolute Gasteiger partial charge is 0.248 e. The minimum atomic E-state index is -1.24. The Morgan fingerprint density at radius 1 is 1.39 bits per heavy atom. The number of rotatable bonds is 4. The number of aliphatic hydroxyl groups is 1. The number of anilines is 1. The van der Waals surface area contributed by atoms with Crippen LogP contribution in [0.1, 0.15) is 5.69 Å². The van der Waals surface area contributed by atoms with Crippen molar-refractivity contribution in [1.82, 2.24) is 9.97 Å². The number of benzene rings is 1. The summed E-state index contributed by atoms with van der Waals surface area (Å²) in [7, 11) is 0. The molecule has 1 amide bonds. The number of fused-ring (bicyclic) bond motifs is 1. The number of nitrogens with zero attached hydrogens (tertiary/aromatic N) is 2. The van der Waals surface area contributed by atoms with E-state index in [0.29, 0.717) is 11.5 Å². The largest absolute Gasteiger partial charge is 0.381 e. The number of hydrogen-bond donors (Lipinski definition) is 3. The third kappa shape index (κ3) is 2.54. The van der Waals surface area contributed by atoms with Crippen molar-refractivity contribution in [2.24, 2.45) is 5.73 Å². The van der Waals surface area contributed by atoms with Gasteiger partial charge in [-0.1, -0.05) is 12.1 Å². The van der Waals surface area contributed by atoms with Crippen LogP contribution in [-0.2, 0) is 4.79 Å². The molecular formula is C12H14N4O2. The van der Waals surface area contributed by atoms with Gasteiger partial charge in [-0.25, -0.2) is 9.97 Å². The zero-order valence-electron chi connectivity index (χ0n) is 9.92. The number of para-hydroxylation sites is 2. The molecule has 6 heteroatoms. The minimum absolute atomic E-state index is 0.0171. The Kier molecular flexibility index (Phi) is 3.38. The molecule has 2 aromatic rings. The quantitative estimate of drug-likeness (QED) is 0.715. The lowest BCUT2D eigenvalue weighted by molar-refractivity contribution is -0.125. The van der Waals surface area contributed by atoms with Crippen molar-refractivity contribution in [3.63, 3.8) is 0 Å². The fourth-order valence-electron chi connectivity index (χ4n) is 1.55. The summed E-state index contributed by atoms with van der Waals surface area (Å²) in [6, 6.07) is 7.48. The van der Waals surface area contributed by atoms with Gasteiger partial charge >= 0.3 is 0 Å². The van der Waals surface area contributed by atoms with Gasteiger partial charge in [-0.15, -0.1) is 0 Å². The second-order valence-corrected chi connectivity index (χ2v) is 3.95. The monoisotopic (exact) mass is 246 g/mol. The number of nitrogens with one attached hydrogen (secondary N) is 1. The lowest BCUT2D eigenvalue weighted by Crippen LogP contribution is -2.34. The van der Waals surface area contributed by atoms with Crippen LogP contribution >= 0.6 is 0 Å². The van der Waals surface area contributed by atoms with Gasteiger partial charge in [0, 0.05) is 0 Å². The van der Waals surface area contributed by atoms with E-state index >= 15 is 0 Å². The van der Waals surface area contributed by atoms with Crippen LogP contribution in [0.5, 0.6) is 0 Å². The second kappa shape index (κ2) is 4.97. The number of aliphatic hydroxyl groups excluding tert-OH is 1. The van der Waals surface area contributed by atoms with Crippen molar-refractivity contribution in [2.75, 3.05) is 11.9 Å². The van der Waals surface area contributed by atoms with Crippen LogP contribution in [0.25, 0.3) is 11.0 Å². The topological polar surface area (TPSA) is 101 Å². The van der Waals surface area contributed by atoms with E-state index in [1.807, 2.05) is 24.3 Å². The number of carbonyl (C=O) groups is 1. The number of aryl methyl sites for hydroxylation is 1. The fraction of sp³-hybridized carbons (Fsp3) is 0.250. The molecule has 1 aromatic heterocycles. The summed E-state index contributed by atoms with van der Waals surface area (Å²) in [6.45, 7) is 1.82. The fourth-order valence-corrected chi connectivity index (χ4v) is 1.55. The van der Waals surface area contributed by atoms with Crippen LogP contribution in [0.15, 0.2) is 24.3 Å². The van der Waals surface area contributed by atoms with Crippen LogP contribution in [0.3, 0.4) is 0 Å². The Hall–Kier alpha value is -2.21. The van der Waals surface area contributed by atoms with Gasteiger partial charge in [0.25, 0.3) is 0 Å². The third-order valence-corrected chi connectivity index (χ3v) is 2.54. The molecule has 0 saturated heterocycles. The summed E-state index contributed by atoms with van der Waals surface area (Å²) in [4.78, 5) is 19.5. The number of primary amides is 1. The number of hydrogen-bond acceptors (Lipinski definition) is 5. The van der Waals surface area contributed by atoms with Crippen molar-refractivity contribution in [2.45, 2.75) is 13.0 Å². The number of amides is 1. The lowest BCUT2D eigenvalue weighted by atomic mass is 10.3. The third-order valence-electron chi connectivity index (χ3n) is 2.54. The van der Waals surface area contributed by atoms with Gasteiger partial charge in [0.05, 0.1) is 23.3 Å². The molecule has 1 unspecified atom stereocenters. The Bertz CT molecular complexity index is 585. The molecular weight excluding hydrogens is 232 g/mol. The molecule has 0 aliphatic rings. The summed E-state index contributed by atoms with van der Waals surface area (Å²) in [5, 5.41) is 12.2. The van der Waals surface area contributed by atoms with Crippen LogP contribution in [0.4, 0.5) is 5.82 Å². The Labute approximate surface area is 104 Å². The Balaban J connectivity index is 2.23. The molecule has 4 N–H and O–H groups in total. The standard InChI is InChI=1S/C12H14N4O2/c1-7-12(14-6-10(17)11(13)18)16-9-5-3-2-4-8(9)15-7/h2-5,10,17H,6H2,1H3,(H2,13,18)(H,14,16). The van der Waals surface area contributed by atoms with E-state index in [4.69, 9.17) is 5.73 Å². The lowest BCUT2D eigenvalue weighted by Gasteiger charge is -2.11. The van der Waals surface area contributed by atoms with Crippen LogP contribution in [0.2, 0.25) is 0 Å². The van der Waals surface area contributed by atoms with Crippen molar-refractivity contribution in [1.29, 1.82) is 0 Å². The van der Waals surface area contributed by atoms with Gasteiger partial charge in [0.2, 0.25) is 5.91 Å². The molecule has 0 bridgehead atoms. The SMILES string of the molecule is Cc1nc2ccccc2nc1NCC(O)C(N)=O. The molecule has 1 aromatic carbocycles. The average Bonchev–Trinajstić information content (AvgIpc) is 2.35. The molecule has 18 heavy (non-hydrogen) atoms. The molecule has 0 radical (unpaired) electrons. The van der Waals surface area contributed by atoms with Gasteiger partial charge in [-0.05, 0) is 19.1 Å². The van der Waals surface area contributed by atoms with Crippen molar-refractivity contribution >= 4 is 22.8 Å². The molecule has 0 aliphatic carbocycles. The first-order chi connectivity index (χ1) is 8.58. The van der Waals surface area contributed by atoms with Crippen LogP contribution in [-0.4, -0.2) is 33.6 Å². The van der Waals surface area contributed by atoms with Gasteiger partial charge in [0.15, 0.2) is 0 Å². The maximum Gasteiger partial charge on any atom is 0.248 e. The van der Waals surface area contributed by atoms with Gasteiger partial charge < -0.3 is 16.2 Å². The summed E-state index contributed by atoms with van der Waals surface area (Å²) in [5.41, 5.74) is 7.21. The predicted molar refractivity (Wildman–Crippen MR) is 68.0 cm³/mol.